The second-order valence-electron chi connectivity index (χ2n) is 4.39. The summed E-state index contributed by atoms with van der Waals surface area (Å²) in [7, 11) is 0. The zero-order valence-electron chi connectivity index (χ0n) is 10.8. The van der Waals surface area contributed by atoms with Crippen LogP contribution in [-0.2, 0) is 4.79 Å². The third-order valence-corrected chi connectivity index (χ3v) is 3.14. The van der Waals surface area contributed by atoms with Gasteiger partial charge >= 0.3 is 0 Å². The van der Waals surface area contributed by atoms with Crippen LogP contribution in [0, 0.1) is 0 Å². The number of hydrogen-bond donors (Lipinski definition) is 2. The minimum Gasteiger partial charge on any atom is -0.370 e. The molecule has 1 amide bonds. The number of halogens is 1. The van der Waals surface area contributed by atoms with Gasteiger partial charge in [0.15, 0.2) is 0 Å². The van der Waals surface area contributed by atoms with Crippen molar-refractivity contribution >= 4 is 17.5 Å². The highest BCUT2D eigenvalue weighted by atomic mass is 35.5. The molecule has 0 aliphatic heterocycles. The second kappa shape index (κ2) is 8.11. The molecular weight excluding hydrogens is 248 g/mol. The van der Waals surface area contributed by atoms with Crippen molar-refractivity contribution in [1.29, 1.82) is 0 Å². The van der Waals surface area contributed by atoms with Crippen LogP contribution in [0.4, 0.5) is 0 Å². The fourth-order valence-electron chi connectivity index (χ4n) is 1.92. The lowest BCUT2D eigenvalue weighted by molar-refractivity contribution is -0.118. The number of hydrogen-bond acceptors (Lipinski definition) is 2. The van der Waals surface area contributed by atoms with Crippen molar-refractivity contribution in [3.8, 4) is 0 Å². The monoisotopic (exact) mass is 268 g/mol. The van der Waals surface area contributed by atoms with Gasteiger partial charge in [-0.15, -0.1) is 0 Å². The van der Waals surface area contributed by atoms with Crippen LogP contribution in [0.3, 0.4) is 0 Å². The standard InChI is InChI=1S/C14H21ClN2O/c1-2-13(11-6-5-7-12(15)10-11)17-9-4-3-8-14(16)18/h5-7,10,13,17H,2-4,8-9H2,1H3,(H2,16,18). The molecule has 0 radical (unpaired) electrons. The fraction of sp³-hybridized carbons (Fsp3) is 0.500. The van der Waals surface area contributed by atoms with Crippen molar-refractivity contribution in [2.75, 3.05) is 6.54 Å². The van der Waals surface area contributed by atoms with E-state index in [1.54, 1.807) is 0 Å². The minimum atomic E-state index is -0.225. The minimum absolute atomic E-state index is 0.225. The average Bonchev–Trinajstić information content (AvgIpc) is 2.33. The van der Waals surface area contributed by atoms with E-state index in [2.05, 4.69) is 18.3 Å². The zero-order valence-corrected chi connectivity index (χ0v) is 11.5. The molecule has 1 atom stereocenters. The van der Waals surface area contributed by atoms with Gasteiger partial charge in [0.05, 0.1) is 0 Å². The molecule has 0 fully saturated rings. The summed E-state index contributed by atoms with van der Waals surface area (Å²) in [6, 6.07) is 8.24. The lowest BCUT2D eigenvalue weighted by Crippen LogP contribution is -2.22. The molecule has 100 valence electrons. The Balaban J connectivity index is 2.36. The van der Waals surface area contributed by atoms with Gasteiger partial charge in [0, 0.05) is 17.5 Å². The SMILES string of the molecule is CCC(NCCCCC(N)=O)c1cccc(Cl)c1. The zero-order chi connectivity index (χ0) is 13.4. The van der Waals surface area contributed by atoms with Gasteiger partial charge in [-0.2, -0.15) is 0 Å². The molecular formula is C14H21ClN2O. The smallest absolute Gasteiger partial charge is 0.217 e. The molecule has 4 heteroatoms. The highest BCUT2D eigenvalue weighted by Crippen LogP contribution is 2.20. The lowest BCUT2D eigenvalue weighted by Gasteiger charge is -2.17. The highest BCUT2D eigenvalue weighted by molar-refractivity contribution is 6.30. The van der Waals surface area contributed by atoms with Gasteiger partial charge in [-0.3, -0.25) is 4.79 Å². The molecule has 0 aliphatic rings. The fourth-order valence-corrected chi connectivity index (χ4v) is 2.12. The normalized spacial score (nSPS) is 12.3. The van der Waals surface area contributed by atoms with Crippen LogP contribution in [0.15, 0.2) is 24.3 Å². The van der Waals surface area contributed by atoms with E-state index in [0.29, 0.717) is 12.5 Å². The van der Waals surface area contributed by atoms with E-state index in [1.807, 2.05) is 18.2 Å². The molecule has 0 saturated carbocycles. The summed E-state index contributed by atoms with van der Waals surface area (Å²) in [6.45, 7) is 3.03. The maximum Gasteiger partial charge on any atom is 0.217 e. The summed E-state index contributed by atoms with van der Waals surface area (Å²) in [5.41, 5.74) is 6.30. The summed E-state index contributed by atoms with van der Waals surface area (Å²) < 4.78 is 0. The molecule has 18 heavy (non-hydrogen) atoms. The van der Waals surface area contributed by atoms with Crippen LogP contribution in [0.5, 0.6) is 0 Å². The van der Waals surface area contributed by atoms with E-state index in [0.717, 1.165) is 30.8 Å². The molecule has 0 aliphatic carbocycles. The number of amides is 1. The Morgan fingerprint density at radius 3 is 2.83 bits per heavy atom. The van der Waals surface area contributed by atoms with Crippen LogP contribution in [-0.4, -0.2) is 12.5 Å². The number of carbonyl (C=O) groups is 1. The summed E-state index contributed by atoms with van der Waals surface area (Å²) in [5.74, 6) is -0.225. The molecule has 0 spiro atoms. The summed E-state index contributed by atoms with van der Waals surface area (Å²) >= 11 is 5.99. The summed E-state index contributed by atoms with van der Waals surface area (Å²) in [5, 5.41) is 4.24. The van der Waals surface area contributed by atoms with E-state index < -0.39 is 0 Å². The van der Waals surface area contributed by atoms with E-state index >= 15 is 0 Å². The number of nitrogens with one attached hydrogen (secondary N) is 1. The first-order valence-electron chi connectivity index (χ1n) is 6.40. The van der Waals surface area contributed by atoms with Crippen LogP contribution in [0.2, 0.25) is 5.02 Å². The number of nitrogens with two attached hydrogens (primary N) is 1. The Bertz CT molecular complexity index is 382. The molecule has 3 N–H and O–H groups in total. The Morgan fingerprint density at radius 1 is 1.44 bits per heavy atom. The van der Waals surface area contributed by atoms with Crippen molar-refractivity contribution in [2.24, 2.45) is 5.73 Å². The van der Waals surface area contributed by atoms with Crippen LogP contribution in [0.25, 0.3) is 0 Å². The van der Waals surface area contributed by atoms with Gasteiger partial charge in [0.25, 0.3) is 0 Å². The number of rotatable bonds is 8. The van der Waals surface area contributed by atoms with Gasteiger partial charge in [0.2, 0.25) is 5.91 Å². The highest BCUT2D eigenvalue weighted by Gasteiger charge is 2.08. The third-order valence-electron chi connectivity index (χ3n) is 2.90. The van der Waals surface area contributed by atoms with Crippen molar-refractivity contribution in [1.82, 2.24) is 5.32 Å². The topological polar surface area (TPSA) is 55.1 Å². The first-order valence-corrected chi connectivity index (χ1v) is 6.78. The largest absolute Gasteiger partial charge is 0.370 e. The Labute approximate surface area is 114 Å². The van der Waals surface area contributed by atoms with Crippen LogP contribution in [0.1, 0.15) is 44.2 Å². The number of primary amides is 1. The number of benzene rings is 1. The number of carbonyl (C=O) groups excluding carboxylic acids is 1. The Morgan fingerprint density at radius 2 is 2.22 bits per heavy atom. The molecule has 0 bridgehead atoms. The maximum atomic E-state index is 10.6. The molecule has 0 aromatic heterocycles. The van der Waals surface area contributed by atoms with E-state index in [4.69, 9.17) is 17.3 Å². The van der Waals surface area contributed by atoms with Crippen molar-refractivity contribution in [3.05, 3.63) is 34.9 Å². The van der Waals surface area contributed by atoms with Gasteiger partial charge in [0.1, 0.15) is 0 Å². The van der Waals surface area contributed by atoms with Crippen molar-refractivity contribution in [3.63, 3.8) is 0 Å². The molecule has 0 saturated heterocycles. The van der Waals surface area contributed by atoms with Gasteiger partial charge in [-0.1, -0.05) is 30.7 Å². The van der Waals surface area contributed by atoms with Crippen LogP contribution < -0.4 is 11.1 Å². The first-order chi connectivity index (χ1) is 8.63. The predicted molar refractivity (Wildman–Crippen MR) is 75.5 cm³/mol. The quantitative estimate of drug-likeness (QED) is 0.712. The van der Waals surface area contributed by atoms with E-state index in [1.165, 1.54) is 5.56 Å². The molecule has 1 rings (SSSR count). The van der Waals surface area contributed by atoms with Crippen molar-refractivity contribution < 1.29 is 4.79 Å². The van der Waals surface area contributed by atoms with E-state index in [9.17, 15) is 4.79 Å². The van der Waals surface area contributed by atoms with Gasteiger partial charge in [-0.25, -0.2) is 0 Å². The molecule has 3 nitrogen and oxygen atoms in total. The second-order valence-corrected chi connectivity index (χ2v) is 4.83. The van der Waals surface area contributed by atoms with Crippen LogP contribution >= 0.6 is 11.6 Å². The summed E-state index contributed by atoms with van der Waals surface area (Å²) in [4.78, 5) is 10.6. The predicted octanol–water partition coefficient (Wildman–Crippen LogP) is 3.04. The Kier molecular flexibility index (Phi) is 6.76. The summed E-state index contributed by atoms with van der Waals surface area (Å²) in [6.07, 6.45) is 3.28. The molecule has 1 aromatic carbocycles. The average molecular weight is 269 g/mol. The molecule has 0 heterocycles. The molecule has 1 unspecified atom stereocenters. The third kappa shape index (κ3) is 5.52. The Hall–Kier alpha value is -1.06. The van der Waals surface area contributed by atoms with Gasteiger partial charge < -0.3 is 11.1 Å². The van der Waals surface area contributed by atoms with Crippen molar-refractivity contribution in [2.45, 2.75) is 38.6 Å². The molecule has 1 aromatic rings. The van der Waals surface area contributed by atoms with Gasteiger partial charge in [-0.05, 0) is 43.5 Å². The lowest BCUT2D eigenvalue weighted by atomic mass is 10.0. The number of unbranched alkanes of at least 4 members (excludes halogenated alkanes) is 1. The van der Waals surface area contributed by atoms with E-state index in [-0.39, 0.29) is 5.91 Å². The maximum absolute atomic E-state index is 10.6. The first kappa shape index (κ1) is 15.0.